The number of hydrogen-bond donors (Lipinski definition) is 2. The molecule has 0 atom stereocenters. The summed E-state index contributed by atoms with van der Waals surface area (Å²) in [4.78, 5) is 8.43. The summed E-state index contributed by atoms with van der Waals surface area (Å²) in [5.41, 5.74) is 8.89. The summed E-state index contributed by atoms with van der Waals surface area (Å²) in [5, 5.41) is 9.89. The number of allylic oxidation sites excluding steroid dienone is 1. The molecule has 96 valence electrons. The van der Waals surface area contributed by atoms with E-state index in [2.05, 4.69) is 25.9 Å². The third-order valence-electron chi connectivity index (χ3n) is 3.03. The molecule has 1 aliphatic heterocycles. The van der Waals surface area contributed by atoms with Crippen molar-refractivity contribution in [2.75, 3.05) is 5.73 Å². The second-order valence-corrected chi connectivity index (χ2v) is 5.17. The monoisotopic (exact) mass is 318 g/mol. The Balaban J connectivity index is 2.08. The van der Waals surface area contributed by atoms with Gasteiger partial charge in [-0.3, -0.25) is 9.56 Å². The molecule has 0 radical (unpaired) electrons. The molecule has 2 aromatic rings. The summed E-state index contributed by atoms with van der Waals surface area (Å²) < 4.78 is 2.41. The van der Waals surface area contributed by atoms with Gasteiger partial charge in [0.15, 0.2) is 0 Å². The molecule has 6 heteroatoms. The number of nitrogens with zero attached hydrogens (tertiary/aromatic N) is 3. The van der Waals surface area contributed by atoms with Crippen LogP contribution in [0.4, 0.5) is 11.6 Å². The lowest BCUT2D eigenvalue weighted by Crippen LogP contribution is -1.95. The van der Waals surface area contributed by atoms with Gasteiger partial charge in [0.1, 0.15) is 5.69 Å². The van der Waals surface area contributed by atoms with Gasteiger partial charge in [-0.15, -0.1) is 0 Å². The summed E-state index contributed by atoms with van der Waals surface area (Å²) in [6.45, 7) is 0. The van der Waals surface area contributed by atoms with Crippen molar-refractivity contribution in [2.24, 2.45) is 12.0 Å². The summed E-state index contributed by atoms with van der Waals surface area (Å²) in [7, 11) is 1.66. The van der Waals surface area contributed by atoms with Gasteiger partial charge in [0.05, 0.1) is 5.69 Å². The van der Waals surface area contributed by atoms with E-state index in [0.717, 1.165) is 21.3 Å². The zero-order valence-electron chi connectivity index (χ0n) is 10.1. The van der Waals surface area contributed by atoms with E-state index in [1.54, 1.807) is 19.3 Å². The van der Waals surface area contributed by atoms with E-state index in [1.165, 1.54) is 4.57 Å². The number of halogens is 1. The smallest absolute Gasteiger partial charge is 0.220 e. The molecule has 1 aliphatic rings. The van der Waals surface area contributed by atoms with E-state index < -0.39 is 0 Å². The fourth-order valence-electron chi connectivity index (χ4n) is 1.95. The van der Waals surface area contributed by atoms with Crippen LogP contribution in [0.1, 0.15) is 11.3 Å². The molecule has 0 fully saturated rings. The lowest BCUT2D eigenvalue weighted by molar-refractivity contribution is 0.432. The summed E-state index contributed by atoms with van der Waals surface area (Å²) in [6.07, 6.45) is 3.52. The van der Waals surface area contributed by atoms with Crippen LogP contribution in [0.3, 0.4) is 0 Å². The average Bonchev–Trinajstić information content (AvgIpc) is 2.87. The minimum absolute atomic E-state index is 0.0453. The van der Waals surface area contributed by atoms with Crippen LogP contribution in [0.5, 0.6) is 5.88 Å². The molecule has 0 saturated heterocycles. The minimum Gasteiger partial charge on any atom is -0.493 e. The molecule has 3 rings (SSSR count). The molecule has 0 saturated carbocycles. The van der Waals surface area contributed by atoms with Crippen molar-refractivity contribution in [2.45, 2.75) is 0 Å². The summed E-state index contributed by atoms with van der Waals surface area (Å²) >= 11 is 3.41. The Hall–Kier alpha value is -2.08. The Morgan fingerprint density at radius 2 is 2.21 bits per heavy atom. The summed E-state index contributed by atoms with van der Waals surface area (Å²) in [6, 6.07) is 5.87. The highest BCUT2D eigenvalue weighted by Crippen LogP contribution is 2.35. The molecule has 0 bridgehead atoms. The normalized spacial score (nSPS) is 15.2. The SMILES string of the molecule is Cn1c(N)nc(C=C2C=Nc3cc(Br)ccc32)c1O. The predicted octanol–water partition coefficient (Wildman–Crippen LogP) is 2.73. The fourth-order valence-corrected chi connectivity index (χ4v) is 2.30. The van der Waals surface area contributed by atoms with Crippen molar-refractivity contribution in [1.29, 1.82) is 0 Å². The van der Waals surface area contributed by atoms with Gasteiger partial charge in [0.25, 0.3) is 0 Å². The van der Waals surface area contributed by atoms with Crippen LogP contribution in [-0.4, -0.2) is 20.9 Å². The van der Waals surface area contributed by atoms with Gasteiger partial charge in [0, 0.05) is 28.9 Å². The Bertz CT molecular complexity index is 730. The van der Waals surface area contributed by atoms with E-state index in [4.69, 9.17) is 5.73 Å². The van der Waals surface area contributed by atoms with Crippen molar-refractivity contribution in [3.63, 3.8) is 0 Å². The lowest BCUT2D eigenvalue weighted by Gasteiger charge is -2.00. The second-order valence-electron chi connectivity index (χ2n) is 4.26. The van der Waals surface area contributed by atoms with E-state index in [0.29, 0.717) is 5.69 Å². The number of nitrogen functional groups attached to an aromatic ring is 1. The Morgan fingerprint density at radius 1 is 1.42 bits per heavy atom. The Kier molecular flexibility index (Phi) is 2.67. The van der Waals surface area contributed by atoms with Gasteiger partial charge in [-0.1, -0.05) is 22.0 Å². The lowest BCUT2D eigenvalue weighted by atomic mass is 10.1. The van der Waals surface area contributed by atoms with Gasteiger partial charge in [-0.2, -0.15) is 0 Å². The van der Waals surface area contributed by atoms with Crippen molar-refractivity contribution in [3.8, 4) is 5.88 Å². The second kappa shape index (κ2) is 4.24. The zero-order chi connectivity index (χ0) is 13.6. The molecular weight excluding hydrogens is 308 g/mol. The molecular formula is C13H11BrN4O. The van der Waals surface area contributed by atoms with E-state index in [-0.39, 0.29) is 11.8 Å². The van der Waals surface area contributed by atoms with Crippen LogP contribution in [-0.2, 0) is 7.05 Å². The van der Waals surface area contributed by atoms with Gasteiger partial charge in [0.2, 0.25) is 11.8 Å². The van der Waals surface area contributed by atoms with Crippen LogP contribution in [0.2, 0.25) is 0 Å². The summed E-state index contributed by atoms with van der Waals surface area (Å²) in [5.74, 6) is 0.319. The number of fused-ring (bicyclic) bond motifs is 1. The molecule has 1 aromatic carbocycles. The maximum Gasteiger partial charge on any atom is 0.220 e. The number of anilines is 1. The molecule has 0 unspecified atom stereocenters. The molecule has 5 nitrogen and oxygen atoms in total. The molecule has 2 heterocycles. The van der Waals surface area contributed by atoms with Crippen LogP contribution in [0, 0.1) is 0 Å². The van der Waals surface area contributed by atoms with E-state index in [9.17, 15) is 5.11 Å². The van der Waals surface area contributed by atoms with Crippen molar-refractivity contribution < 1.29 is 5.11 Å². The topological polar surface area (TPSA) is 76.4 Å². The first-order chi connectivity index (χ1) is 9.06. The molecule has 19 heavy (non-hydrogen) atoms. The standard InChI is InChI=1S/C13H11BrN4O/c1-18-12(19)11(17-13(18)15)4-7-6-16-10-5-8(14)2-3-9(7)10/h2-6,19H,1H3,(H2,15,17). The first-order valence-electron chi connectivity index (χ1n) is 5.63. The van der Waals surface area contributed by atoms with E-state index in [1.807, 2.05) is 18.2 Å². The first kappa shape index (κ1) is 12.0. The number of hydrogen-bond acceptors (Lipinski definition) is 4. The third kappa shape index (κ3) is 1.94. The maximum absolute atomic E-state index is 9.89. The number of nitrogens with two attached hydrogens (primary N) is 1. The van der Waals surface area contributed by atoms with Crippen LogP contribution in [0.25, 0.3) is 11.6 Å². The highest BCUT2D eigenvalue weighted by Gasteiger charge is 2.15. The number of benzene rings is 1. The number of aromatic nitrogens is 2. The Labute approximate surface area is 118 Å². The van der Waals surface area contributed by atoms with Crippen molar-refractivity contribution in [3.05, 3.63) is 33.9 Å². The third-order valence-corrected chi connectivity index (χ3v) is 3.52. The van der Waals surface area contributed by atoms with Crippen LogP contribution < -0.4 is 5.73 Å². The van der Waals surface area contributed by atoms with Gasteiger partial charge < -0.3 is 10.8 Å². The van der Waals surface area contributed by atoms with Crippen molar-refractivity contribution in [1.82, 2.24) is 9.55 Å². The van der Waals surface area contributed by atoms with Crippen LogP contribution in [0.15, 0.2) is 27.7 Å². The highest BCUT2D eigenvalue weighted by atomic mass is 79.9. The van der Waals surface area contributed by atoms with Crippen LogP contribution >= 0.6 is 15.9 Å². The first-order valence-corrected chi connectivity index (χ1v) is 6.42. The number of imidazole rings is 1. The van der Waals surface area contributed by atoms with Gasteiger partial charge >= 0.3 is 0 Å². The molecule has 3 N–H and O–H groups in total. The quantitative estimate of drug-likeness (QED) is 0.848. The molecule has 0 spiro atoms. The maximum atomic E-state index is 9.89. The number of rotatable bonds is 1. The zero-order valence-corrected chi connectivity index (χ0v) is 11.7. The van der Waals surface area contributed by atoms with Crippen molar-refractivity contribution >= 4 is 45.4 Å². The number of aliphatic imine (C=N–C) groups is 1. The molecule has 0 aliphatic carbocycles. The highest BCUT2D eigenvalue weighted by molar-refractivity contribution is 9.10. The predicted molar refractivity (Wildman–Crippen MR) is 79.5 cm³/mol. The number of aromatic hydroxyl groups is 1. The molecule has 0 amide bonds. The fraction of sp³-hybridized carbons (Fsp3) is 0.0769. The largest absolute Gasteiger partial charge is 0.493 e. The van der Waals surface area contributed by atoms with E-state index >= 15 is 0 Å². The minimum atomic E-state index is 0.0453. The average molecular weight is 319 g/mol. The van der Waals surface area contributed by atoms with Gasteiger partial charge in [-0.25, -0.2) is 4.98 Å². The Morgan fingerprint density at radius 3 is 2.89 bits per heavy atom. The van der Waals surface area contributed by atoms with Gasteiger partial charge in [-0.05, 0) is 18.2 Å². The molecule has 1 aromatic heterocycles.